The number of hydrogen-bond donors (Lipinski definition) is 6. The van der Waals surface area contributed by atoms with E-state index < -0.39 is 49.5 Å². The van der Waals surface area contributed by atoms with Gasteiger partial charge in [0.2, 0.25) is 5.91 Å². The molecule has 0 saturated carbocycles. The smallest absolute Gasteiger partial charge is 0.220 e. The molecule has 0 aromatic heterocycles. The topological polar surface area (TPSA) is 149 Å². The Morgan fingerprint density at radius 2 is 0.912 bits per heavy atom. The minimum Gasteiger partial charge on any atom is -0.394 e. The van der Waals surface area contributed by atoms with Gasteiger partial charge in [-0.25, -0.2) is 0 Å². The van der Waals surface area contributed by atoms with Crippen molar-refractivity contribution in [3.63, 3.8) is 0 Å². The van der Waals surface area contributed by atoms with Gasteiger partial charge in [0.25, 0.3) is 0 Å². The molecule has 9 nitrogen and oxygen atoms in total. The Kier molecular flexibility index (Phi) is 43.5. The zero-order valence-corrected chi connectivity index (χ0v) is 42.6. The van der Waals surface area contributed by atoms with Crippen LogP contribution >= 0.6 is 0 Å². The monoisotopic (exact) mass is 948 g/mol. The molecule has 0 aromatic rings. The fraction of sp³-hybridized carbons (Fsp3) is 0.644. The molecule has 0 bridgehead atoms. The minimum absolute atomic E-state index is 0.149. The van der Waals surface area contributed by atoms with Crippen molar-refractivity contribution in [3.05, 3.63) is 122 Å². The van der Waals surface area contributed by atoms with Gasteiger partial charge in [0.1, 0.15) is 24.4 Å². The highest BCUT2D eigenvalue weighted by Gasteiger charge is 2.44. The third-order valence-electron chi connectivity index (χ3n) is 11.8. The van der Waals surface area contributed by atoms with E-state index in [2.05, 4.69) is 141 Å². The van der Waals surface area contributed by atoms with E-state index in [-0.39, 0.29) is 12.5 Å². The number of unbranched alkanes of at least 4 members (excludes halogenated alkanes) is 13. The molecule has 0 aliphatic carbocycles. The number of hydrogen-bond acceptors (Lipinski definition) is 8. The zero-order chi connectivity index (χ0) is 49.4. The lowest BCUT2D eigenvalue weighted by molar-refractivity contribution is -0.302. The maximum Gasteiger partial charge on any atom is 0.220 e. The van der Waals surface area contributed by atoms with E-state index in [1.54, 1.807) is 0 Å². The van der Waals surface area contributed by atoms with Crippen LogP contribution in [0.1, 0.15) is 187 Å². The van der Waals surface area contributed by atoms with Crippen molar-refractivity contribution in [1.82, 2.24) is 5.32 Å². The first kappa shape index (κ1) is 62.6. The molecular formula is C59H97NO8. The predicted octanol–water partition coefficient (Wildman–Crippen LogP) is 12.8. The zero-order valence-electron chi connectivity index (χ0n) is 42.6. The highest BCUT2D eigenvalue weighted by Crippen LogP contribution is 2.23. The molecule has 9 heteroatoms. The first-order chi connectivity index (χ1) is 33.3. The molecule has 1 aliphatic heterocycles. The maximum absolute atomic E-state index is 12.9. The number of allylic oxidation sites excluding steroid dienone is 20. The van der Waals surface area contributed by atoms with Gasteiger partial charge in [-0.2, -0.15) is 0 Å². The third-order valence-corrected chi connectivity index (χ3v) is 11.8. The van der Waals surface area contributed by atoms with Crippen molar-refractivity contribution in [2.24, 2.45) is 0 Å². The number of aliphatic hydroxyl groups excluding tert-OH is 5. The van der Waals surface area contributed by atoms with Crippen molar-refractivity contribution in [2.75, 3.05) is 13.2 Å². The highest BCUT2D eigenvalue weighted by molar-refractivity contribution is 5.76. The van der Waals surface area contributed by atoms with E-state index in [1.165, 1.54) is 44.9 Å². The van der Waals surface area contributed by atoms with Gasteiger partial charge in [-0.15, -0.1) is 0 Å². The molecule has 386 valence electrons. The molecule has 0 spiro atoms. The van der Waals surface area contributed by atoms with Crippen LogP contribution in [-0.2, 0) is 14.3 Å². The second kappa shape index (κ2) is 47.3. The fourth-order valence-corrected chi connectivity index (χ4v) is 7.60. The van der Waals surface area contributed by atoms with Gasteiger partial charge in [-0.3, -0.25) is 4.79 Å². The Hall–Kier alpha value is -3.41. The molecule has 7 unspecified atom stereocenters. The van der Waals surface area contributed by atoms with Crippen LogP contribution < -0.4 is 5.32 Å². The van der Waals surface area contributed by atoms with Crippen molar-refractivity contribution in [2.45, 2.75) is 230 Å². The molecule has 1 heterocycles. The van der Waals surface area contributed by atoms with Crippen LogP contribution in [0.3, 0.4) is 0 Å². The largest absolute Gasteiger partial charge is 0.394 e. The summed E-state index contributed by atoms with van der Waals surface area (Å²) in [5.41, 5.74) is 0. The van der Waals surface area contributed by atoms with Crippen molar-refractivity contribution >= 4 is 5.91 Å². The van der Waals surface area contributed by atoms with Gasteiger partial charge in [0.05, 0.1) is 25.4 Å². The van der Waals surface area contributed by atoms with Gasteiger partial charge in [0.15, 0.2) is 6.29 Å². The summed E-state index contributed by atoms with van der Waals surface area (Å²) in [5.74, 6) is -0.164. The Morgan fingerprint density at radius 1 is 0.515 bits per heavy atom. The van der Waals surface area contributed by atoms with Gasteiger partial charge in [0, 0.05) is 6.42 Å². The molecule has 1 rings (SSSR count). The summed E-state index contributed by atoms with van der Waals surface area (Å²) in [6, 6.07) is -0.724. The summed E-state index contributed by atoms with van der Waals surface area (Å²) >= 11 is 0. The molecular weight excluding hydrogens is 851 g/mol. The van der Waals surface area contributed by atoms with E-state index in [9.17, 15) is 30.3 Å². The SMILES string of the molecule is CC/C=C\C/C=C\C/C=C\C/C=C\C/C=C\C/C=C\C/C=C\C/C=C\C/C=C\C/C=C\CCCCCCCCCCCCC(=O)NC(COC1OC(CO)C(O)C(O)C1O)C(O)CCCCCC. The number of nitrogens with one attached hydrogen (secondary N) is 1. The first-order valence-electron chi connectivity index (χ1n) is 26.7. The number of ether oxygens (including phenoxy) is 2. The number of carbonyl (C=O) groups is 1. The summed E-state index contributed by atoms with van der Waals surface area (Å²) in [7, 11) is 0. The van der Waals surface area contributed by atoms with Crippen molar-refractivity contribution < 1.29 is 39.8 Å². The van der Waals surface area contributed by atoms with E-state index in [1.807, 2.05) is 0 Å². The van der Waals surface area contributed by atoms with Gasteiger partial charge < -0.3 is 40.3 Å². The number of amides is 1. The molecule has 1 fully saturated rings. The molecule has 1 aliphatic rings. The van der Waals surface area contributed by atoms with Crippen LogP contribution in [0, 0.1) is 0 Å². The predicted molar refractivity (Wildman–Crippen MR) is 285 cm³/mol. The van der Waals surface area contributed by atoms with E-state index in [4.69, 9.17) is 9.47 Å². The van der Waals surface area contributed by atoms with Crippen molar-refractivity contribution in [1.29, 1.82) is 0 Å². The molecule has 7 atom stereocenters. The fourth-order valence-electron chi connectivity index (χ4n) is 7.60. The van der Waals surface area contributed by atoms with Gasteiger partial charge >= 0.3 is 0 Å². The van der Waals surface area contributed by atoms with E-state index in [0.29, 0.717) is 12.8 Å². The van der Waals surface area contributed by atoms with Crippen LogP contribution in [-0.4, -0.2) is 87.5 Å². The van der Waals surface area contributed by atoms with Crippen LogP contribution in [0.15, 0.2) is 122 Å². The lowest BCUT2D eigenvalue weighted by Crippen LogP contribution is -2.60. The van der Waals surface area contributed by atoms with E-state index >= 15 is 0 Å². The highest BCUT2D eigenvalue weighted by atomic mass is 16.7. The Balaban J connectivity index is 2.03. The number of carbonyl (C=O) groups excluding carboxylic acids is 1. The van der Waals surface area contributed by atoms with Gasteiger partial charge in [-0.05, 0) is 89.9 Å². The van der Waals surface area contributed by atoms with Gasteiger partial charge in [-0.1, -0.05) is 212 Å². The Morgan fingerprint density at radius 3 is 1.34 bits per heavy atom. The second-order valence-corrected chi connectivity index (χ2v) is 17.9. The van der Waals surface area contributed by atoms with E-state index in [0.717, 1.165) is 116 Å². The average Bonchev–Trinajstić information content (AvgIpc) is 3.34. The van der Waals surface area contributed by atoms with Crippen LogP contribution in [0.2, 0.25) is 0 Å². The van der Waals surface area contributed by atoms with Crippen LogP contribution in [0.4, 0.5) is 0 Å². The average molecular weight is 948 g/mol. The summed E-state index contributed by atoms with van der Waals surface area (Å²) in [4.78, 5) is 12.9. The van der Waals surface area contributed by atoms with Crippen LogP contribution in [0.5, 0.6) is 0 Å². The quantitative estimate of drug-likeness (QED) is 0.0261. The lowest BCUT2D eigenvalue weighted by Gasteiger charge is -2.40. The number of aliphatic hydroxyl groups is 5. The molecule has 6 N–H and O–H groups in total. The Labute approximate surface area is 414 Å². The minimum atomic E-state index is -1.56. The molecule has 68 heavy (non-hydrogen) atoms. The summed E-state index contributed by atoms with van der Waals surface area (Å²) < 4.78 is 11.1. The number of rotatable bonds is 43. The summed E-state index contributed by atoms with van der Waals surface area (Å²) in [6.07, 6.45) is 64.5. The maximum atomic E-state index is 12.9. The molecule has 0 radical (unpaired) electrons. The van der Waals surface area contributed by atoms with Crippen LogP contribution in [0.25, 0.3) is 0 Å². The second-order valence-electron chi connectivity index (χ2n) is 17.9. The molecule has 1 amide bonds. The molecule has 1 saturated heterocycles. The Bertz CT molecular complexity index is 1470. The lowest BCUT2D eigenvalue weighted by atomic mass is 9.99. The third kappa shape index (κ3) is 36.6. The molecule has 0 aromatic carbocycles. The summed E-state index contributed by atoms with van der Waals surface area (Å²) in [5, 5.41) is 53.8. The standard InChI is InChI=1S/C59H97NO8/c1-3-5-7-9-10-11-12-13-14-15-16-17-18-19-20-21-22-23-24-25-26-27-28-29-30-31-32-33-34-35-36-37-38-39-40-41-42-43-44-45-47-49-55(63)60-52(53(62)48-46-8-6-4-2)51-67-59-58(66)57(65)56(64)54(50-61)68-59/h5,7,10-11,13-14,16-17,19-20,22-23,25-26,28-29,31-32,34-35,52-54,56-59,61-62,64-66H,3-4,6,8-9,12,15,18,21,24,27,30,33,36-51H2,1-2H3,(H,60,63)/b7-5-,11-10-,14-13-,17-16-,20-19-,23-22-,26-25-,29-28-,32-31-,35-34-. The first-order valence-corrected chi connectivity index (χ1v) is 26.7. The normalized spacial score (nSPS) is 20.6. The van der Waals surface area contributed by atoms with Crippen molar-refractivity contribution in [3.8, 4) is 0 Å². The summed E-state index contributed by atoms with van der Waals surface area (Å²) in [6.45, 7) is 3.57.